The molecule has 3 aliphatic rings. The number of fused-ring (bicyclic) bond motifs is 1. The summed E-state index contributed by atoms with van der Waals surface area (Å²) in [6, 6.07) is 20.5. The molecular formula is C31H33N3O7. The lowest BCUT2D eigenvalue weighted by molar-refractivity contribution is -0.184. The van der Waals surface area contributed by atoms with Gasteiger partial charge in [-0.1, -0.05) is 42.5 Å². The molecule has 0 bridgehead atoms. The molecule has 214 valence electrons. The van der Waals surface area contributed by atoms with Crippen LogP contribution in [0.15, 0.2) is 71.7 Å². The highest BCUT2D eigenvalue weighted by Gasteiger charge is 2.86. The molecule has 1 fully saturated rings. The van der Waals surface area contributed by atoms with Crippen molar-refractivity contribution in [3.05, 3.63) is 83.4 Å². The first kappa shape index (κ1) is 26.9. The Labute approximate surface area is 238 Å². The van der Waals surface area contributed by atoms with E-state index in [1.165, 1.54) is 14.2 Å². The van der Waals surface area contributed by atoms with Crippen molar-refractivity contribution in [2.24, 2.45) is 10.9 Å². The van der Waals surface area contributed by atoms with E-state index in [1.807, 2.05) is 54.6 Å². The Bertz CT molecular complexity index is 1530. The molecule has 10 nitrogen and oxygen atoms in total. The monoisotopic (exact) mass is 559 g/mol. The van der Waals surface area contributed by atoms with Gasteiger partial charge in [0.25, 0.3) is 5.91 Å². The van der Waals surface area contributed by atoms with Crippen molar-refractivity contribution < 1.29 is 33.7 Å². The molecule has 3 aromatic rings. The highest BCUT2D eigenvalue weighted by molar-refractivity contribution is 5.91. The van der Waals surface area contributed by atoms with E-state index >= 15 is 0 Å². The van der Waals surface area contributed by atoms with Gasteiger partial charge in [0, 0.05) is 25.1 Å². The largest absolute Gasteiger partial charge is 0.497 e. The lowest BCUT2D eigenvalue weighted by atomic mass is 9.68. The third kappa shape index (κ3) is 3.31. The molecule has 5 atom stereocenters. The van der Waals surface area contributed by atoms with E-state index in [9.17, 15) is 9.90 Å². The van der Waals surface area contributed by atoms with Gasteiger partial charge in [-0.15, -0.1) is 0 Å². The van der Waals surface area contributed by atoms with Crippen LogP contribution in [0.3, 0.4) is 0 Å². The van der Waals surface area contributed by atoms with Crippen LogP contribution in [0, 0.1) is 5.92 Å². The standard InChI is InChI=1S/C31H33N3O7/c1-18-32-30-26-23(39-5)16-22(38-4)17-24(26)41-29(30,20-12-14-21(37-3)15-13-20)25(19-10-8-7-9-11-19)27(31(30,36)33-18)28(35)34(2)40-6/h7-17,25,27,36H,1-6H3,(H,32,33)/t25-,27+,29+,30-,31-/m1/s1. The van der Waals surface area contributed by atoms with Gasteiger partial charge in [-0.2, -0.15) is 0 Å². The van der Waals surface area contributed by atoms with Crippen molar-refractivity contribution in [3.8, 4) is 23.0 Å². The van der Waals surface area contributed by atoms with Crippen LogP contribution in [0.5, 0.6) is 23.0 Å². The molecule has 10 heteroatoms. The van der Waals surface area contributed by atoms with Crippen LogP contribution in [0.4, 0.5) is 0 Å². The minimum atomic E-state index is -1.96. The maximum atomic E-state index is 14.3. The van der Waals surface area contributed by atoms with Crippen LogP contribution in [-0.2, 0) is 20.8 Å². The van der Waals surface area contributed by atoms with Crippen LogP contribution >= 0.6 is 0 Å². The normalized spacial score (nSPS) is 28.9. The predicted molar refractivity (Wildman–Crippen MR) is 150 cm³/mol. The summed E-state index contributed by atoms with van der Waals surface area (Å²) in [5, 5.41) is 17.4. The van der Waals surface area contributed by atoms with E-state index in [4.69, 9.17) is 28.8 Å². The van der Waals surface area contributed by atoms with Crippen molar-refractivity contribution in [2.75, 3.05) is 35.5 Å². The number of nitrogens with zero attached hydrogens (tertiary/aromatic N) is 2. The van der Waals surface area contributed by atoms with Crippen LogP contribution < -0.4 is 24.3 Å². The maximum Gasteiger partial charge on any atom is 0.254 e. The van der Waals surface area contributed by atoms with E-state index in [1.54, 1.807) is 40.4 Å². The predicted octanol–water partition coefficient (Wildman–Crippen LogP) is 3.34. The number of hydrogen-bond acceptors (Lipinski definition) is 9. The molecule has 2 N–H and O–H groups in total. The van der Waals surface area contributed by atoms with Gasteiger partial charge in [0.2, 0.25) is 0 Å². The molecule has 0 unspecified atom stereocenters. The second-order valence-electron chi connectivity index (χ2n) is 10.5. The highest BCUT2D eigenvalue weighted by atomic mass is 16.7. The number of benzene rings is 3. The molecule has 0 radical (unpaired) electrons. The number of carbonyl (C=O) groups excluding carboxylic acids is 1. The minimum Gasteiger partial charge on any atom is -0.497 e. The Hall–Kier alpha value is -4.28. The number of aliphatic hydroxyl groups is 1. The molecule has 1 spiro atoms. The van der Waals surface area contributed by atoms with Gasteiger partial charge in [0.15, 0.2) is 16.9 Å². The van der Waals surface area contributed by atoms with Gasteiger partial charge in [-0.05, 0) is 30.2 Å². The van der Waals surface area contributed by atoms with Gasteiger partial charge in [-0.25, -0.2) is 5.06 Å². The van der Waals surface area contributed by atoms with Gasteiger partial charge >= 0.3 is 0 Å². The lowest BCUT2D eigenvalue weighted by Gasteiger charge is -2.42. The quantitative estimate of drug-likeness (QED) is 0.424. The maximum absolute atomic E-state index is 14.3. The lowest BCUT2D eigenvalue weighted by Crippen LogP contribution is -2.62. The Kier molecular flexibility index (Phi) is 6.16. The van der Waals surface area contributed by atoms with Crippen LogP contribution in [0.1, 0.15) is 29.5 Å². The Morgan fingerprint density at radius 3 is 2.27 bits per heavy atom. The number of methoxy groups -OCH3 is 3. The number of amides is 1. The molecule has 6 rings (SSSR count). The van der Waals surface area contributed by atoms with E-state index in [0.717, 1.165) is 10.6 Å². The molecule has 41 heavy (non-hydrogen) atoms. The average Bonchev–Trinajstić information content (AvgIpc) is 3.51. The van der Waals surface area contributed by atoms with Crippen molar-refractivity contribution in [1.29, 1.82) is 0 Å². The number of hydrogen-bond donors (Lipinski definition) is 2. The summed E-state index contributed by atoms with van der Waals surface area (Å²) < 4.78 is 24.1. The van der Waals surface area contributed by atoms with Crippen LogP contribution in [0.2, 0.25) is 0 Å². The second-order valence-corrected chi connectivity index (χ2v) is 10.5. The molecule has 2 heterocycles. The van der Waals surface area contributed by atoms with Gasteiger partial charge in [0.1, 0.15) is 28.9 Å². The summed E-state index contributed by atoms with van der Waals surface area (Å²) in [5.74, 6) is 0.146. The third-order valence-corrected chi connectivity index (χ3v) is 8.67. The summed E-state index contributed by atoms with van der Waals surface area (Å²) in [6.45, 7) is 1.76. The number of amidine groups is 1. The fourth-order valence-corrected chi connectivity index (χ4v) is 7.11. The van der Waals surface area contributed by atoms with Crippen LogP contribution in [0.25, 0.3) is 0 Å². The Morgan fingerprint density at radius 1 is 0.976 bits per heavy atom. The zero-order chi connectivity index (χ0) is 29.2. The van der Waals surface area contributed by atoms with E-state index in [2.05, 4.69) is 5.32 Å². The Morgan fingerprint density at radius 2 is 1.66 bits per heavy atom. The van der Waals surface area contributed by atoms with E-state index in [0.29, 0.717) is 40.0 Å². The third-order valence-electron chi connectivity index (χ3n) is 8.67. The Balaban J connectivity index is 1.79. The van der Waals surface area contributed by atoms with Crippen molar-refractivity contribution in [3.63, 3.8) is 0 Å². The zero-order valence-electron chi connectivity index (χ0n) is 23.8. The molecule has 2 aliphatic heterocycles. The minimum absolute atomic E-state index is 0.411. The van der Waals surface area contributed by atoms with Crippen LogP contribution in [-0.4, -0.2) is 63.1 Å². The number of rotatable bonds is 7. The molecule has 1 aliphatic carbocycles. The van der Waals surface area contributed by atoms with Crippen molar-refractivity contribution >= 4 is 11.7 Å². The molecule has 3 aromatic carbocycles. The van der Waals surface area contributed by atoms with Crippen molar-refractivity contribution in [2.45, 2.75) is 29.7 Å². The first-order chi connectivity index (χ1) is 19.7. The van der Waals surface area contributed by atoms with E-state index < -0.39 is 34.6 Å². The fourth-order valence-electron chi connectivity index (χ4n) is 7.11. The summed E-state index contributed by atoms with van der Waals surface area (Å²) in [6.07, 6.45) is 0. The van der Waals surface area contributed by atoms with Crippen molar-refractivity contribution in [1.82, 2.24) is 10.4 Å². The molecule has 1 saturated carbocycles. The smallest absolute Gasteiger partial charge is 0.254 e. The van der Waals surface area contributed by atoms with Gasteiger partial charge in [-0.3, -0.25) is 14.6 Å². The van der Waals surface area contributed by atoms with Gasteiger partial charge < -0.3 is 29.4 Å². The molecular weight excluding hydrogens is 526 g/mol. The zero-order valence-corrected chi connectivity index (χ0v) is 23.8. The summed E-state index contributed by atoms with van der Waals surface area (Å²) in [5.41, 5.74) is -2.98. The molecule has 0 aromatic heterocycles. The molecule has 0 saturated heterocycles. The summed E-state index contributed by atoms with van der Waals surface area (Å²) in [7, 11) is 7.64. The summed E-state index contributed by atoms with van der Waals surface area (Å²) >= 11 is 0. The SMILES string of the molecule is COc1ccc([C@@]23Oc4cc(OC)cc(OC)c4[C@@]24N=C(C)N[C@@]4(O)[C@H](C(=O)N(C)OC)[C@H]3c2ccccc2)cc1. The number of aliphatic imine (C=N–C) groups is 1. The average molecular weight is 560 g/mol. The number of nitrogens with one attached hydrogen (secondary N) is 1. The number of ether oxygens (including phenoxy) is 4. The molecule has 1 amide bonds. The second kappa shape index (κ2) is 9.39. The van der Waals surface area contributed by atoms with E-state index in [-0.39, 0.29) is 0 Å². The summed E-state index contributed by atoms with van der Waals surface area (Å²) in [4.78, 5) is 24.9. The number of hydroxylamine groups is 2. The first-order valence-corrected chi connectivity index (χ1v) is 13.3. The van der Waals surface area contributed by atoms with Gasteiger partial charge in [0.05, 0.1) is 39.8 Å². The fraction of sp³-hybridized carbons (Fsp3) is 0.355. The highest BCUT2D eigenvalue weighted by Crippen LogP contribution is 2.75. The number of carbonyl (C=O) groups is 1. The topological polar surface area (TPSA) is 111 Å². The first-order valence-electron chi connectivity index (χ1n) is 13.3.